The minimum absolute atomic E-state index is 0.0316. The van der Waals surface area contributed by atoms with Crippen molar-refractivity contribution in [3.8, 4) is 0 Å². The first-order chi connectivity index (χ1) is 36.6. The summed E-state index contributed by atoms with van der Waals surface area (Å²) in [5.41, 5.74) is 4.28. The fourth-order valence-electron chi connectivity index (χ4n) is 7.44. The molecule has 0 aromatic carbocycles. The van der Waals surface area contributed by atoms with Gasteiger partial charge in [-0.2, -0.15) is 4.31 Å². The zero-order chi connectivity index (χ0) is 56.7. The Bertz CT molecular complexity index is 2420. The average molecular weight is 1160 g/mol. The van der Waals surface area contributed by atoms with Gasteiger partial charge in [-0.15, -0.1) is 0 Å². The van der Waals surface area contributed by atoms with Crippen LogP contribution in [-0.4, -0.2) is 123 Å². The van der Waals surface area contributed by atoms with Gasteiger partial charge < -0.3 is 50.9 Å². The molecular weight excluding hydrogens is 1080 g/mol. The Balaban J connectivity index is 1.21. The molecule has 28 heteroatoms. The first-order valence-electron chi connectivity index (χ1n) is 25.9. The quantitative estimate of drug-likeness (QED) is 0.0175. The van der Waals surface area contributed by atoms with E-state index in [-0.39, 0.29) is 41.6 Å². The zero-order valence-electron chi connectivity index (χ0n) is 44.2. The number of imidazole rings is 1. The van der Waals surface area contributed by atoms with Crippen LogP contribution in [0.4, 0.5) is 5.82 Å². The van der Waals surface area contributed by atoms with Gasteiger partial charge in [0.05, 0.1) is 19.5 Å². The number of phosphoric acid groups is 3. The van der Waals surface area contributed by atoms with E-state index in [0.717, 1.165) is 99.6 Å². The van der Waals surface area contributed by atoms with Crippen LogP contribution >= 0.6 is 35.2 Å². The summed E-state index contributed by atoms with van der Waals surface area (Å²) >= 11 is 1.14. The summed E-state index contributed by atoms with van der Waals surface area (Å²) in [5.74, 6) is -1.05. The summed E-state index contributed by atoms with van der Waals surface area (Å²) < 4.78 is 62.6. The number of thioether (sulfide) groups is 1. The molecule has 434 valence electrons. The number of nitrogens with zero attached hydrogens (tertiary/aromatic N) is 4. The van der Waals surface area contributed by atoms with Gasteiger partial charge in [-0.25, -0.2) is 28.6 Å². The zero-order valence-corrected chi connectivity index (χ0v) is 47.7. The van der Waals surface area contributed by atoms with E-state index in [1.807, 2.05) is 0 Å². The number of rotatable bonds is 40. The van der Waals surface area contributed by atoms with Crippen LogP contribution in [0, 0.1) is 5.41 Å². The molecule has 1 aliphatic heterocycles. The van der Waals surface area contributed by atoms with Gasteiger partial charge in [-0.1, -0.05) is 132 Å². The second kappa shape index (κ2) is 35.8. The molecule has 7 unspecified atom stereocenters. The van der Waals surface area contributed by atoms with Gasteiger partial charge in [0.1, 0.15) is 36.3 Å². The van der Waals surface area contributed by atoms with Gasteiger partial charge in [0.25, 0.3) is 0 Å². The number of unbranched alkanes of at least 4 members (excludes halogenated alkanes) is 9. The third-order valence-electron chi connectivity index (χ3n) is 11.7. The van der Waals surface area contributed by atoms with Crippen LogP contribution in [-0.2, 0) is 50.7 Å². The number of carbonyl (C=O) groups is 3. The van der Waals surface area contributed by atoms with Crippen molar-refractivity contribution >= 4 is 69.1 Å². The highest BCUT2D eigenvalue weighted by atomic mass is 32.2. The Morgan fingerprint density at radius 2 is 1.36 bits per heavy atom. The summed E-state index contributed by atoms with van der Waals surface area (Å²) in [6.07, 6.45) is 32.0. The smallest absolute Gasteiger partial charge is 0.386 e. The lowest BCUT2D eigenvalue weighted by Crippen LogP contribution is -2.46. The maximum Gasteiger partial charge on any atom is 0.481 e. The van der Waals surface area contributed by atoms with E-state index in [9.17, 15) is 57.9 Å². The number of anilines is 1. The van der Waals surface area contributed by atoms with Crippen molar-refractivity contribution in [2.45, 2.75) is 161 Å². The lowest BCUT2D eigenvalue weighted by molar-refractivity contribution is -0.137. The Morgan fingerprint density at radius 3 is 1.97 bits per heavy atom. The van der Waals surface area contributed by atoms with Crippen molar-refractivity contribution < 1.29 is 80.5 Å². The Labute approximate surface area is 455 Å². The summed E-state index contributed by atoms with van der Waals surface area (Å²) in [6.45, 7) is 2.77. The van der Waals surface area contributed by atoms with Crippen LogP contribution < -0.4 is 16.4 Å². The molecule has 3 rings (SSSR count). The van der Waals surface area contributed by atoms with Crippen molar-refractivity contribution in [1.29, 1.82) is 0 Å². The Hall–Kier alpha value is -3.74. The van der Waals surface area contributed by atoms with E-state index < -0.39 is 84.6 Å². The molecule has 3 heterocycles. The first-order valence-corrected chi connectivity index (χ1v) is 31.4. The lowest BCUT2D eigenvalue weighted by Gasteiger charge is -2.30. The van der Waals surface area contributed by atoms with Crippen LogP contribution in [0.3, 0.4) is 0 Å². The second-order valence-electron chi connectivity index (χ2n) is 18.7. The van der Waals surface area contributed by atoms with E-state index in [2.05, 4.69) is 102 Å². The highest BCUT2D eigenvalue weighted by Gasteiger charge is 2.50. The maximum atomic E-state index is 12.8. The largest absolute Gasteiger partial charge is 0.481 e. The van der Waals surface area contributed by atoms with Gasteiger partial charge in [0, 0.05) is 37.1 Å². The number of aliphatic hydroxyl groups is 2. The molecule has 2 amide bonds. The molecule has 0 saturated carbocycles. The topological polar surface area (TPSA) is 364 Å². The number of hydrogen-bond donors (Lipinski definition) is 9. The number of allylic oxidation sites excluding steroid dienone is 10. The number of nitrogens with two attached hydrogens (primary N) is 1. The third-order valence-corrected chi connectivity index (χ3v) is 15.7. The number of fused-ring (bicyclic) bond motifs is 1. The summed E-state index contributed by atoms with van der Waals surface area (Å²) in [7, 11) is -16.4. The number of amides is 2. The monoisotopic (exact) mass is 1160 g/mol. The SMILES string of the molecule is CCCCCC=CCC=CCC=CCC=CCC=CCCCCCCCCC(=O)SCCNC(=O)CCNC(=O)C(O)C(C)(C)COP(=O)(O)OP(=O)(O)OCC1OC(n2cnc3c(N)ncnc32)C(O)C1OP(=O)(O)O. The highest BCUT2D eigenvalue weighted by molar-refractivity contribution is 8.13. The summed E-state index contributed by atoms with van der Waals surface area (Å²) in [6, 6.07) is 0. The molecule has 0 radical (unpaired) electrons. The van der Waals surface area contributed by atoms with Crippen LogP contribution in [0.25, 0.3) is 11.2 Å². The Kier molecular flexibility index (Phi) is 31.4. The van der Waals surface area contributed by atoms with Crippen molar-refractivity contribution in [1.82, 2.24) is 30.2 Å². The predicted molar refractivity (Wildman–Crippen MR) is 292 cm³/mol. The van der Waals surface area contributed by atoms with Crippen molar-refractivity contribution in [2.75, 3.05) is 37.8 Å². The number of aromatic nitrogens is 4. The lowest BCUT2D eigenvalue weighted by atomic mass is 9.87. The van der Waals surface area contributed by atoms with E-state index in [4.69, 9.17) is 19.5 Å². The van der Waals surface area contributed by atoms with Crippen LogP contribution in [0.15, 0.2) is 73.4 Å². The van der Waals surface area contributed by atoms with Crippen molar-refractivity contribution in [2.24, 2.45) is 5.41 Å². The minimum Gasteiger partial charge on any atom is -0.386 e. The molecule has 24 nitrogen and oxygen atoms in total. The van der Waals surface area contributed by atoms with E-state index in [1.165, 1.54) is 39.5 Å². The van der Waals surface area contributed by atoms with Crippen molar-refractivity contribution in [3.63, 3.8) is 0 Å². The maximum absolute atomic E-state index is 12.8. The average Bonchev–Trinajstić information content (AvgIpc) is 3.96. The summed E-state index contributed by atoms with van der Waals surface area (Å²) in [4.78, 5) is 88.6. The molecule has 0 spiro atoms. The van der Waals surface area contributed by atoms with Crippen LogP contribution in [0.1, 0.15) is 136 Å². The first kappa shape index (κ1) is 67.5. The molecule has 7 atom stereocenters. The molecule has 1 saturated heterocycles. The number of nitrogens with one attached hydrogen (secondary N) is 2. The van der Waals surface area contributed by atoms with E-state index in [0.29, 0.717) is 12.2 Å². The van der Waals surface area contributed by atoms with E-state index in [1.54, 1.807) is 0 Å². The highest BCUT2D eigenvalue weighted by Crippen LogP contribution is 2.61. The molecule has 0 bridgehead atoms. The summed E-state index contributed by atoms with van der Waals surface area (Å²) in [5, 5.41) is 26.7. The number of ether oxygens (including phenoxy) is 1. The molecule has 1 fully saturated rings. The van der Waals surface area contributed by atoms with Crippen LogP contribution in [0.5, 0.6) is 0 Å². The second-order valence-corrected chi connectivity index (χ2v) is 24.1. The van der Waals surface area contributed by atoms with Gasteiger partial charge in [-0.05, 0) is 57.8 Å². The molecule has 2 aromatic rings. The number of phosphoric ester groups is 3. The van der Waals surface area contributed by atoms with Crippen LogP contribution in [0.2, 0.25) is 0 Å². The number of hydrogen-bond acceptors (Lipinski definition) is 18. The minimum atomic E-state index is -5.58. The fraction of sp³-hybridized carbons (Fsp3) is 0.633. The molecule has 10 N–H and O–H groups in total. The predicted octanol–water partition coefficient (Wildman–Crippen LogP) is 7.71. The Morgan fingerprint density at radius 1 is 0.792 bits per heavy atom. The van der Waals surface area contributed by atoms with Gasteiger partial charge in [0.2, 0.25) is 11.8 Å². The molecule has 2 aromatic heterocycles. The molecule has 77 heavy (non-hydrogen) atoms. The molecule has 1 aliphatic rings. The van der Waals surface area contributed by atoms with Gasteiger partial charge >= 0.3 is 23.5 Å². The third kappa shape index (κ3) is 27.8. The normalized spacial score (nSPS) is 19.5. The van der Waals surface area contributed by atoms with E-state index >= 15 is 0 Å². The number of nitrogen functional groups attached to an aromatic ring is 1. The molecule has 0 aliphatic carbocycles. The van der Waals surface area contributed by atoms with Gasteiger partial charge in [0.15, 0.2) is 22.8 Å². The fourth-order valence-corrected chi connectivity index (χ4v) is 11.0. The number of carbonyl (C=O) groups excluding carboxylic acids is 3. The van der Waals surface area contributed by atoms with Gasteiger partial charge in [-0.3, -0.25) is 32.5 Å². The standard InChI is InChI=1S/C49H80N7O17P3S/c1-4-5-6-7-8-9-10-11-12-13-14-15-16-17-18-19-20-21-22-23-24-25-26-27-28-29-40(58)77-33-32-51-39(57)30-31-52-47(61)44(60)49(2,3)35-70-76(67,68)73-75(65,66)69-34-38-43(72-74(62,63)64)42(59)48(71-38)56-37-55-41-45(50)53-36-54-46(41)56/h8-9,11-12,14-15,17-18,20-21,36-38,42-44,48,59-60H,4-7,10,13,16,19,22-35H2,1-3H3,(H,51,57)(H,52,61)(H,65,66)(H,67,68)(H2,50,53,54)(H2,62,63,64). The van der Waals surface area contributed by atoms with Crippen molar-refractivity contribution in [3.05, 3.63) is 73.4 Å². The molecular formula is C49H80N7O17P3S. The number of aliphatic hydroxyl groups excluding tert-OH is 2.